The smallest absolute Gasteiger partial charge is 0.331 e. The monoisotopic (exact) mass is 280 g/mol. The predicted octanol–water partition coefficient (Wildman–Crippen LogP) is -1.24. The van der Waals surface area contributed by atoms with Gasteiger partial charge in [0.05, 0.1) is 0 Å². The molecule has 1 amide bonds. The Morgan fingerprint density at radius 2 is 2.20 bits per heavy atom. The minimum absolute atomic E-state index is 0.0207. The van der Waals surface area contributed by atoms with E-state index in [2.05, 4.69) is 5.32 Å². The second-order valence-electron chi connectivity index (χ2n) is 5.06. The Morgan fingerprint density at radius 1 is 1.45 bits per heavy atom. The fourth-order valence-corrected chi connectivity index (χ4v) is 2.59. The normalized spacial score (nSPS) is 18.5. The van der Waals surface area contributed by atoms with Crippen LogP contribution in [-0.2, 0) is 18.4 Å². The van der Waals surface area contributed by atoms with Crippen molar-refractivity contribution in [2.45, 2.75) is 25.4 Å². The van der Waals surface area contributed by atoms with Gasteiger partial charge in [-0.15, -0.1) is 0 Å². The van der Waals surface area contributed by atoms with Crippen molar-refractivity contribution in [2.24, 2.45) is 7.05 Å². The Balaban J connectivity index is 2.14. The molecule has 7 heteroatoms. The summed E-state index contributed by atoms with van der Waals surface area (Å²) in [7, 11) is 3.27. The molecule has 2 rings (SSSR count). The molecule has 7 nitrogen and oxygen atoms in total. The molecule has 1 atom stereocenters. The quantitative estimate of drug-likeness (QED) is 0.748. The lowest BCUT2D eigenvalue weighted by Crippen LogP contribution is -2.45. The summed E-state index contributed by atoms with van der Waals surface area (Å²) in [5, 5.41) is 3.08. The highest BCUT2D eigenvalue weighted by atomic mass is 16.2. The van der Waals surface area contributed by atoms with Crippen molar-refractivity contribution in [1.29, 1.82) is 0 Å². The summed E-state index contributed by atoms with van der Waals surface area (Å²) in [6, 6.07) is 1.49. The van der Waals surface area contributed by atoms with E-state index in [-0.39, 0.29) is 24.1 Å². The molecule has 20 heavy (non-hydrogen) atoms. The van der Waals surface area contributed by atoms with E-state index in [1.807, 2.05) is 11.9 Å². The van der Waals surface area contributed by atoms with Crippen molar-refractivity contribution >= 4 is 5.91 Å². The molecule has 110 valence electrons. The van der Waals surface area contributed by atoms with Crippen LogP contribution in [-0.4, -0.2) is 46.1 Å². The van der Waals surface area contributed by atoms with E-state index < -0.39 is 5.69 Å². The van der Waals surface area contributed by atoms with Gasteiger partial charge < -0.3 is 10.2 Å². The summed E-state index contributed by atoms with van der Waals surface area (Å²) < 4.78 is 2.28. The predicted molar refractivity (Wildman–Crippen MR) is 74.6 cm³/mol. The maximum Gasteiger partial charge on any atom is 0.331 e. The van der Waals surface area contributed by atoms with Gasteiger partial charge in [-0.3, -0.25) is 18.7 Å². The van der Waals surface area contributed by atoms with Crippen LogP contribution in [0.5, 0.6) is 0 Å². The number of likely N-dealkylation sites (N-methyl/N-ethyl adjacent to an activating group) is 1. The van der Waals surface area contributed by atoms with Gasteiger partial charge >= 0.3 is 5.69 Å². The van der Waals surface area contributed by atoms with Crippen LogP contribution in [0.1, 0.15) is 12.8 Å². The van der Waals surface area contributed by atoms with E-state index in [1.54, 1.807) is 0 Å². The number of hydrogen-bond acceptors (Lipinski definition) is 4. The zero-order valence-electron chi connectivity index (χ0n) is 11.8. The number of carbonyl (C=O) groups excluding carboxylic acids is 1. The van der Waals surface area contributed by atoms with Crippen LogP contribution < -0.4 is 16.6 Å². The molecule has 0 saturated carbocycles. The van der Waals surface area contributed by atoms with E-state index in [0.717, 1.165) is 30.5 Å². The number of aromatic nitrogens is 2. The van der Waals surface area contributed by atoms with Gasteiger partial charge in [-0.05, 0) is 19.9 Å². The fraction of sp³-hybridized carbons (Fsp3) is 0.615. The highest BCUT2D eigenvalue weighted by Gasteiger charge is 2.28. The van der Waals surface area contributed by atoms with E-state index in [9.17, 15) is 14.4 Å². The van der Waals surface area contributed by atoms with Crippen LogP contribution in [0.25, 0.3) is 0 Å². The standard InChI is InChI=1S/C13H20N4O3/c1-14-8-10-4-3-6-17(10)12(19)9-16-7-5-11(18)15(2)13(16)20/h5,7,10,14H,3-4,6,8-9H2,1-2H3. The Morgan fingerprint density at radius 3 is 2.90 bits per heavy atom. The summed E-state index contributed by atoms with van der Waals surface area (Å²) in [5.41, 5.74) is -0.830. The van der Waals surface area contributed by atoms with E-state index in [0.29, 0.717) is 0 Å². The summed E-state index contributed by atoms with van der Waals surface area (Å²) >= 11 is 0. The van der Waals surface area contributed by atoms with Crippen LogP contribution in [0.3, 0.4) is 0 Å². The Labute approximate surface area is 116 Å². The van der Waals surface area contributed by atoms with E-state index in [4.69, 9.17) is 0 Å². The molecule has 0 bridgehead atoms. The second kappa shape index (κ2) is 6.04. The Kier molecular flexibility index (Phi) is 4.39. The number of carbonyl (C=O) groups is 1. The van der Waals surface area contributed by atoms with Gasteiger partial charge in [0, 0.05) is 38.4 Å². The van der Waals surface area contributed by atoms with Crippen molar-refractivity contribution in [1.82, 2.24) is 19.4 Å². The number of rotatable bonds is 4. The molecule has 1 fully saturated rings. The van der Waals surface area contributed by atoms with Crippen LogP contribution >= 0.6 is 0 Å². The number of amides is 1. The molecule has 0 aliphatic carbocycles. The first-order valence-electron chi connectivity index (χ1n) is 6.75. The number of hydrogen-bond donors (Lipinski definition) is 1. The highest BCUT2D eigenvalue weighted by Crippen LogP contribution is 2.16. The highest BCUT2D eigenvalue weighted by molar-refractivity contribution is 5.76. The van der Waals surface area contributed by atoms with Gasteiger partial charge in [0.2, 0.25) is 5.91 Å². The summed E-state index contributed by atoms with van der Waals surface area (Å²) in [6.07, 6.45) is 3.35. The molecule has 0 radical (unpaired) electrons. The maximum absolute atomic E-state index is 12.3. The lowest BCUT2D eigenvalue weighted by Gasteiger charge is -2.24. The maximum atomic E-state index is 12.3. The zero-order valence-corrected chi connectivity index (χ0v) is 11.8. The first-order chi connectivity index (χ1) is 9.54. The van der Waals surface area contributed by atoms with Crippen molar-refractivity contribution in [3.05, 3.63) is 33.1 Å². The first-order valence-corrected chi connectivity index (χ1v) is 6.75. The molecule has 1 N–H and O–H groups in total. The van der Waals surface area contributed by atoms with Gasteiger partial charge in [0.15, 0.2) is 0 Å². The number of nitrogens with one attached hydrogen (secondary N) is 1. The molecule has 1 unspecified atom stereocenters. The van der Waals surface area contributed by atoms with Crippen molar-refractivity contribution in [3.63, 3.8) is 0 Å². The Hall–Kier alpha value is -1.89. The number of nitrogens with zero attached hydrogens (tertiary/aromatic N) is 3. The molecular formula is C13H20N4O3. The largest absolute Gasteiger partial charge is 0.337 e. The van der Waals surface area contributed by atoms with Crippen LogP contribution in [0.15, 0.2) is 21.9 Å². The van der Waals surface area contributed by atoms with Crippen molar-refractivity contribution in [2.75, 3.05) is 20.1 Å². The van der Waals surface area contributed by atoms with E-state index in [1.165, 1.54) is 23.9 Å². The summed E-state index contributed by atoms with van der Waals surface area (Å²) in [4.78, 5) is 37.3. The zero-order chi connectivity index (χ0) is 14.7. The van der Waals surface area contributed by atoms with Crippen molar-refractivity contribution < 1.29 is 4.79 Å². The van der Waals surface area contributed by atoms with Gasteiger partial charge in [-0.2, -0.15) is 0 Å². The topological polar surface area (TPSA) is 76.3 Å². The molecular weight excluding hydrogens is 260 g/mol. The minimum Gasteiger partial charge on any atom is -0.337 e. The SMILES string of the molecule is CNCC1CCCN1C(=O)Cn1ccc(=O)n(C)c1=O. The number of likely N-dealkylation sites (tertiary alicyclic amines) is 1. The fourth-order valence-electron chi connectivity index (χ4n) is 2.59. The van der Waals surface area contributed by atoms with Gasteiger partial charge in [-0.25, -0.2) is 4.79 Å². The molecule has 1 aromatic rings. The third-order valence-corrected chi connectivity index (χ3v) is 3.70. The lowest BCUT2D eigenvalue weighted by atomic mass is 10.2. The van der Waals surface area contributed by atoms with Crippen LogP contribution in [0.4, 0.5) is 0 Å². The minimum atomic E-state index is -0.463. The molecule has 0 spiro atoms. The van der Waals surface area contributed by atoms with E-state index >= 15 is 0 Å². The molecule has 1 aromatic heterocycles. The Bertz CT molecular complexity index is 604. The summed E-state index contributed by atoms with van der Waals surface area (Å²) in [5.74, 6) is -0.0801. The lowest BCUT2D eigenvalue weighted by molar-refractivity contribution is -0.132. The molecule has 0 aromatic carbocycles. The third kappa shape index (κ3) is 2.82. The van der Waals surface area contributed by atoms with Gasteiger partial charge in [0.25, 0.3) is 5.56 Å². The molecule has 2 heterocycles. The second-order valence-corrected chi connectivity index (χ2v) is 5.06. The average molecular weight is 280 g/mol. The first kappa shape index (κ1) is 14.5. The third-order valence-electron chi connectivity index (χ3n) is 3.70. The van der Waals surface area contributed by atoms with Gasteiger partial charge in [0.1, 0.15) is 6.54 Å². The molecule has 1 aliphatic rings. The van der Waals surface area contributed by atoms with Crippen molar-refractivity contribution in [3.8, 4) is 0 Å². The van der Waals surface area contributed by atoms with Gasteiger partial charge in [-0.1, -0.05) is 0 Å². The average Bonchev–Trinajstić information content (AvgIpc) is 2.88. The molecule has 1 aliphatic heterocycles. The molecule has 1 saturated heterocycles. The van der Waals surface area contributed by atoms with Crippen LogP contribution in [0, 0.1) is 0 Å². The van der Waals surface area contributed by atoms with Crippen LogP contribution in [0.2, 0.25) is 0 Å². The summed E-state index contributed by atoms with van der Waals surface area (Å²) in [6.45, 7) is 1.47.